The summed E-state index contributed by atoms with van der Waals surface area (Å²) in [4.78, 5) is 4.36. The van der Waals surface area contributed by atoms with Gasteiger partial charge in [-0.3, -0.25) is 4.98 Å². The van der Waals surface area contributed by atoms with Gasteiger partial charge in [-0.1, -0.05) is 152 Å². The van der Waals surface area contributed by atoms with Crippen molar-refractivity contribution < 1.29 is 0 Å². The molecule has 0 saturated carbocycles. The number of nitrogens with zero attached hydrogens (tertiary/aromatic N) is 1. The SMILES string of the molecule is c1ccc(-c2ccc3c(c2)C2(c4cc(-c5ccncc5)ccc4-c4ccccc4-3)c3ccccc3-c3c2c2ccccc2c2ccccc32)cc1. The van der Waals surface area contributed by atoms with E-state index in [1.54, 1.807) is 0 Å². The van der Waals surface area contributed by atoms with E-state index in [9.17, 15) is 0 Å². The molecular weight excluding hydrogens is 615 g/mol. The first-order valence-electron chi connectivity index (χ1n) is 17.7. The molecule has 2 aliphatic carbocycles. The average Bonchev–Trinajstić information content (AvgIpc) is 3.48. The second-order valence-corrected chi connectivity index (χ2v) is 13.8. The van der Waals surface area contributed by atoms with E-state index in [1.165, 1.54) is 93.9 Å². The van der Waals surface area contributed by atoms with Crippen molar-refractivity contribution in [3.8, 4) is 55.6 Å². The normalized spacial score (nSPS) is 15.1. The fourth-order valence-corrected chi connectivity index (χ4v) is 9.34. The smallest absolute Gasteiger partial charge is 0.0732 e. The Kier molecular flexibility index (Phi) is 5.94. The monoisotopic (exact) mass is 645 g/mol. The van der Waals surface area contributed by atoms with Crippen molar-refractivity contribution in [2.45, 2.75) is 5.41 Å². The summed E-state index contributed by atoms with van der Waals surface area (Å²) in [6, 6.07) is 65.8. The van der Waals surface area contributed by atoms with Gasteiger partial charge in [-0.2, -0.15) is 0 Å². The maximum atomic E-state index is 4.36. The number of hydrogen-bond donors (Lipinski definition) is 0. The van der Waals surface area contributed by atoms with Gasteiger partial charge in [0.05, 0.1) is 5.41 Å². The number of hydrogen-bond acceptors (Lipinski definition) is 1. The molecule has 0 bridgehead atoms. The van der Waals surface area contributed by atoms with Crippen LogP contribution in [0.5, 0.6) is 0 Å². The molecule has 8 aromatic carbocycles. The zero-order chi connectivity index (χ0) is 33.5. The summed E-state index contributed by atoms with van der Waals surface area (Å²) in [7, 11) is 0. The Bertz CT molecular complexity index is 2740. The van der Waals surface area contributed by atoms with Crippen LogP contribution in [0.3, 0.4) is 0 Å². The minimum absolute atomic E-state index is 0.632. The molecule has 1 nitrogen and oxygen atoms in total. The number of benzene rings is 8. The first kappa shape index (κ1) is 28.3. The van der Waals surface area contributed by atoms with Gasteiger partial charge in [-0.15, -0.1) is 0 Å². The van der Waals surface area contributed by atoms with E-state index in [-0.39, 0.29) is 0 Å². The Morgan fingerprint density at radius 3 is 1.45 bits per heavy atom. The first-order valence-corrected chi connectivity index (χ1v) is 17.7. The van der Waals surface area contributed by atoms with Crippen LogP contribution in [-0.2, 0) is 5.41 Å². The molecule has 0 aliphatic heterocycles. The van der Waals surface area contributed by atoms with Gasteiger partial charge in [-0.05, 0) is 124 Å². The number of pyridine rings is 1. The second kappa shape index (κ2) is 10.7. The molecule has 0 radical (unpaired) electrons. The van der Waals surface area contributed by atoms with E-state index < -0.39 is 5.41 Å². The third-order valence-corrected chi connectivity index (χ3v) is 11.4. The van der Waals surface area contributed by atoms with Crippen LogP contribution >= 0.6 is 0 Å². The fourth-order valence-electron chi connectivity index (χ4n) is 9.34. The summed E-state index contributed by atoms with van der Waals surface area (Å²) >= 11 is 0. The van der Waals surface area contributed by atoms with Gasteiger partial charge < -0.3 is 0 Å². The zero-order valence-electron chi connectivity index (χ0n) is 27.8. The Balaban J connectivity index is 1.42. The van der Waals surface area contributed by atoms with E-state index in [4.69, 9.17) is 0 Å². The van der Waals surface area contributed by atoms with Gasteiger partial charge in [0.25, 0.3) is 0 Å². The lowest BCUT2D eigenvalue weighted by molar-refractivity contribution is 0.783. The van der Waals surface area contributed by atoms with Crippen molar-refractivity contribution in [2.24, 2.45) is 0 Å². The highest BCUT2D eigenvalue weighted by Gasteiger charge is 2.51. The molecule has 9 aromatic rings. The van der Waals surface area contributed by atoms with Gasteiger partial charge in [0.1, 0.15) is 0 Å². The van der Waals surface area contributed by atoms with Gasteiger partial charge >= 0.3 is 0 Å². The maximum Gasteiger partial charge on any atom is 0.0732 e. The third-order valence-electron chi connectivity index (χ3n) is 11.4. The molecule has 1 aromatic heterocycles. The molecule has 0 fully saturated rings. The first-order chi connectivity index (χ1) is 25.3. The Morgan fingerprint density at radius 1 is 0.314 bits per heavy atom. The lowest BCUT2D eigenvalue weighted by Gasteiger charge is -2.37. The van der Waals surface area contributed by atoms with Gasteiger partial charge in [-0.25, -0.2) is 0 Å². The Morgan fingerprint density at radius 2 is 0.804 bits per heavy atom. The molecule has 1 heteroatoms. The molecule has 236 valence electrons. The predicted molar refractivity (Wildman–Crippen MR) is 212 cm³/mol. The van der Waals surface area contributed by atoms with E-state index in [1.807, 2.05) is 12.4 Å². The van der Waals surface area contributed by atoms with Crippen molar-refractivity contribution in [1.82, 2.24) is 4.98 Å². The van der Waals surface area contributed by atoms with Gasteiger partial charge in [0.2, 0.25) is 0 Å². The van der Waals surface area contributed by atoms with Gasteiger partial charge in [0.15, 0.2) is 0 Å². The molecular formula is C50H31N. The van der Waals surface area contributed by atoms with Crippen LogP contribution in [0.15, 0.2) is 188 Å². The van der Waals surface area contributed by atoms with Crippen molar-refractivity contribution in [2.75, 3.05) is 0 Å². The Hall–Kier alpha value is -6.57. The molecule has 1 unspecified atom stereocenters. The lowest BCUT2D eigenvalue weighted by Crippen LogP contribution is -2.30. The largest absolute Gasteiger partial charge is 0.265 e. The summed E-state index contributed by atoms with van der Waals surface area (Å²) in [5.74, 6) is 0. The number of fused-ring (bicyclic) bond motifs is 17. The molecule has 0 amide bonds. The minimum atomic E-state index is -0.632. The fraction of sp³-hybridized carbons (Fsp3) is 0.0200. The highest BCUT2D eigenvalue weighted by molar-refractivity contribution is 6.19. The number of aromatic nitrogens is 1. The maximum absolute atomic E-state index is 4.36. The van der Waals surface area contributed by atoms with Crippen molar-refractivity contribution in [1.29, 1.82) is 0 Å². The average molecular weight is 646 g/mol. The summed E-state index contributed by atoms with van der Waals surface area (Å²) in [5, 5.41) is 5.17. The van der Waals surface area contributed by atoms with Crippen LogP contribution in [0.4, 0.5) is 0 Å². The molecule has 1 heterocycles. The van der Waals surface area contributed by atoms with Crippen LogP contribution in [0.25, 0.3) is 77.2 Å². The topological polar surface area (TPSA) is 12.9 Å². The third kappa shape index (κ3) is 3.83. The van der Waals surface area contributed by atoms with E-state index in [0.29, 0.717) is 0 Å². The van der Waals surface area contributed by atoms with Gasteiger partial charge in [0, 0.05) is 12.4 Å². The molecule has 0 N–H and O–H groups in total. The van der Waals surface area contributed by atoms with Crippen LogP contribution in [0, 0.1) is 0 Å². The molecule has 2 aliphatic rings. The van der Waals surface area contributed by atoms with Crippen molar-refractivity contribution in [3.63, 3.8) is 0 Å². The van der Waals surface area contributed by atoms with Crippen molar-refractivity contribution >= 4 is 21.5 Å². The molecule has 1 atom stereocenters. The predicted octanol–water partition coefficient (Wildman–Crippen LogP) is 12.7. The molecule has 11 rings (SSSR count). The Labute approximate surface area is 297 Å². The van der Waals surface area contributed by atoms with E-state index in [0.717, 1.165) is 5.56 Å². The molecule has 1 spiro atoms. The minimum Gasteiger partial charge on any atom is -0.265 e. The second-order valence-electron chi connectivity index (χ2n) is 13.8. The van der Waals surface area contributed by atoms with Crippen LogP contribution < -0.4 is 0 Å². The van der Waals surface area contributed by atoms with E-state index >= 15 is 0 Å². The standard InChI is InChI=1S/C50H31N/c1-2-12-32(13-3-1)34-22-24-40-36-14-4-5-15-37(36)41-25-23-35(33-26-28-51-29-27-33)31-47(41)50(46(40)30-34)45-21-11-10-20-44(45)48-42-18-8-6-16-38(42)39-17-7-9-19-43(39)49(48)50/h1-31H. The summed E-state index contributed by atoms with van der Waals surface area (Å²) in [6.45, 7) is 0. The van der Waals surface area contributed by atoms with Crippen LogP contribution in [0.1, 0.15) is 22.3 Å². The van der Waals surface area contributed by atoms with Crippen LogP contribution in [-0.4, -0.2) is 4.98 Å². The summed E-state index contributed by atoms with van der Waals surface area (Å²) in [5.41, 5.74) is 17.2. The lowest BCUT2D eigenvalue weighted by atomic mass is 9.64. The van der Waals surface area contributed by atoms with Crippen LogP contribution in [0.2, 0.25) is 0 Å². The summed E-state index contributed by atoms with van der Waals surface area (Å²) in [6.07, 6.45) is 3.79. The molecule has 51 heavy (non-hydrogen) atoms. The zero-order valence-corrected chi connectivity index (χ0v) is 27.8. The van der Waals surface area contributed by atoms with Crippen molar-refractivity contribution in [3.05, 3.63) is 211 Å². The summed E-state index contributed by atoms with van der Waals surface area (Å²) < 4.78 is 0. The quantitative estimate of drug-likeness (QED) is 0.171. The number of rotatable bonds is 2. The molecule has 0 saturated heterocycles. The highest BCUT2D eigenvalue weighted by atomic mass is 14.6. The highest BCUT2D eigenvalue weighted by Crippen LogP contribution is 2.64. The van der Waals surface area contributed by atoms with E-state index in [2.05, 4.69) is 181 Å².